The van der Waals surface area contributed by atoms with E-state index in [4.69, 9.17) is 0 Å². The standard InChI is InChI=1S/C16H26N4O3S/c1-13-17-15(12-18(13)2)24(22,23)20-10-6-14(7-11-20)16(21)19-8-4-3-5-9-19/h12,14H,3-11H2,1-2H3. The number of likely N-dealkylation sites (tertiary alicyclic amines) is 1. The van der Waals surface area contributed by atoms with Crippen molar-refractivity contribution in [3.8, 4) is 0 Å². The Morgan fingerprint density at radius 2 is 1.75 bits per heavy atom. The van der Waals surface area contributed by atoms with Gasteiger partial charge in [-0.05, 0) is 39.0 Å². The molecule has 2 fully saturated rings. The van der Waals surface area contributed by atoms with Gasteiger partial charge in [0.2, 0.25) is 5.91 Å². The van der Waals surface area contributed by atoms with Crippen molar-refractivity contribution in [2.75, 3.05) is 26.2 Å². The zero-order valence-corrected chi connectivity index (χ0v) is 15.3. The Bertz CT molecular complexity index is 679. The number of aryl methyl sites for hydroxylation is 2. The fourth-order valence-electron chi connectivity index (χ4n) is 3.50. The van der Waals surface area contributed by atoms with Gasteiger partial charge in [0.15, 0.2) is 5.03 Å². The summed E-state index contributed by atoms with van der Waals surface area (Å²) in [5, 5.41) is 0.100. The molecule has 2 aliphatic heterocycles. The van der Waals surface area contributed by atoms with Crippen LogP contribution in [0.2, 0.25) is 0 Å². The Kier molecular flexibility index (Phi) is 4.96. The highest BCUT2D eigenvalue weighted by Gasteiger charge is 2.35. The molecule has 1 aromatic rings. The molecule has 0 N–H and O–H groups in total. The van der Waals surface area contributed by atoms with Crippen LogP contribution in [0, 0.1) is 12.8 Å². The summed E-state index contributed by atoms with van der Waals surface area (Å²) in [5.41, 5.74) is 0. The molecule has 0 unspecified atom stereocenters. The van der Waals surface area contributed by atoms with E-state index in [-0.39, 0.29) is 16.9 Å². The van der Waals surface area contributed by atoms with Crippen molar-refractivity contribution in [3.63, 3.8) is 0 Å². The van der Waals surface area contributed by atoms with Gasteiger partial charge in [-0.15, -0.1) is 0 Å². The summed E-state index contributed by atoms with van der Waals surface area (Å²) >= 11 is 0. The topological polar surface area (TPSA) is 75.5 Å². The van der Waals surface area contributed by atoms with Gasteiger partial charge in [-0.1, -0.05) is 0 Å². The third-order valence-electron chi connectivity index (χ3n) is 5.16. The average Bonchev–Trinajstić information content (AvgIpc) is 2.95. The van der Waals surface area contributed by atoms with E-state index in [1.165, 1.54) is 10.7 Å². The lowest BCUT2D eigenvalue weighted by Crippen LogP contribution is -2.45. The smallest absolute Gasteiger partial charge is 0.262 e. The van der Waals surface area contributed by atoms with Crippen LogP contribution in [0.3, 0.4) is 0 Å². The van der Waals surface area contributed by atoms with Crippen molar-refractivity contribution in [2.45, 2.75) is 44.1 Å². The van der Waals surface area contributed by atoms with Crippen LogP contribution in [0.15, 0.2) is 11.2 Å². The molecule has 0 saturated carbocycles. The van der Waals surface area contributed by atoms with Crippen LogP contribution in [-0.2, 0) is 21.9 Å². The Morgan fingerprint density at radius 3 is 2.29 bits per heavy atom. The van der Waals surface area contributed by atoms with E-state index >= 15 is 0 Å². The number of nitrogens with zero attached hydrogens (tertiary/aromatic N) is 4. The first-order valence-corrected chi connectivity index (χ1v) is 10.1. The number of imidazole rings is 1. The van der Waals surface area contributed by atoms with Gasteiger partial charge in [-0.3, -0.25) is 4.79 Å². The molecule has 0 atom stereocenters. The number of rotatable bonds is 3. The first-order chi connectivity index (χ1) is 11.4. The maximum atomic E-state index is 12.7. The second-order valence-corrected chi connectivity index (χ2v) is 8.69. The number of piperidine rings is 2. The summed E-state index contributed by atoms with van der Waals surface area (Å²) in [5.74, 6) is 0.837. The minimum atomic E-state index is -3.56. The predicted octanol–water partition coefficient (Wildman–Crippen LogP) is 1.14. The molecule has 0 radical (unpaired) electrons. The Morgan fingerprint density at radius 1 is 1.12 bits per heavy atom. The third kappa shape index (κ3) is 3.35. The summed E-state index contributed by atoms with van der Waals surface area (Å²) in [7, 11) is -1.78. The average molecular weight is 354 g/mol. The van der Waals surface area contributed by atoms with Gasteiger partial charge in [0.05, 0.1) is 0 Å². The fourth-order valence-corrected chi connectivity index (χ4v) is 4.99. The molecule has 1 aromatic heterocycles. The molecule has 8 heteroatoms. The molecule has 134 valence electrons. The van der Waals surface area contributed by atoms with Crippen LogP contribution in [0.4, 0.5) is 0 Å². The molecule has 24 heavy (non-hydrogen) atoms. The minimum Gasteiger partial charge on any atom is -0.342 e. The molecule has 0 aliphatic carbocycles. The number of carbonyl (C=O) groups excluding carboxylic acids is 1. The van der Waals surface area contributed by atoms with Crippen LogP contribution >= 0.6 is 0 Å². The van der Waals surface area contributed by atoms with Crippen molar-refractivity contribution in [2.24, 2.45) is 13.0 Å². The molecule has 2 aliphatic rings. The number of amides is 1. The van der Waals surface area contributed by atoms with E-state index in [1.54, 1.807) is 24.7 Å². The molecule has 0 bridgehead atoms. The van der Waals surface area contributed by atoms with Crippen LogP contribution < -0.4 is 0 Å². The van der Waals surface area contributed by atoms with Crippen molar-refractivity contribution in [3.05, 3.63) is 12.0 Å². The van der Waals surface area contributed by atoms with Crippen molar-refractivity contribution < 1.29 is 13.2 Å². The Labute approximate surface area is 143 Å². The van der Waals surface area contributed by atoms with Gasteiger partial charge in [0, 0.05) is 45.3 Å². The normalized spacial score (nSPS) is 21.2. The van der Waals surface area contributed by atoms with Crippen LogP contribution in [0.25, 0.3) is 0 Å². The van der Waals surface area contributed by atoms with E-state index < -0.39 is 10.0 Å². The number of aromatic nitrogens is 2. The molecular formula is C16H26N4O3S. The summed E-state index contributed by atoms with van der Waals surface area (Å²) < 4.78 is 28.5. The molecule has 1 amide bonds. The lowest BCUT2D eigenvalue weighted by molar-refractivity contribution is -0.137. The highest BCUT2D eigenvalue weighted by molar-refractivity contribution is 7.89. The zero-order chi connectivity index (χ0) is 17.3. The first-order valence-electron chi connectivity index (χ1n) is 8.68. The van der Waals surface area contributed by atoms with Crippen LogP contribution in [0.5, 0.6) is 0 Å². The number of sulfonamides is 1. The highest BCUT2D eigenvalue weighted by Crippen LogP contribution is 2.25. The van der Waals surface area contributed by atoms with Crippen LogP contribution in [0.1, 0.15) is 37.9 Å². The van der Waals surface area contributed by atoms with Gasteiger partial charge in [-0.2, -0.15) is 4.31 Å². The second kappa shape index (κ2) is 6.84. The molecule has 3 rings (SSSR count). The SMILES string of the molecule is Cc1nc(S(=O)(=O)N2CCC(C(=O)N3CCCCC3)CC2)cn1C. The third-order valence-corrected chi connectivity index (χ3v) is 6.93. The van der Waals surface area contributed by atoms with Crippen molar-refractivity contribution >= 4 is 15.9 Å². The molecule has 0 spiro atoms. The zero-order valence-electron chi connectivity index (χ0n) is 14.4. The molecule has 0 aromatic carbocycles. The number of hydrogen-bond donors (Lipinski definition) is 0. The predicted molar refractivity (Wildman–Crippen MR) is 89.9 cm³/mol. The summed E-state index contributed by atoms with van der Waals surface area (Å²) in [6.45, 7) is 4.27. The van der Waals surface area contributed by atoms with E-state index in [2.05, 4.69) is 4.98 Å². The lowest BCUT2D eigenvalue weighted by Gasteiger charge is -2.34. The van der Waals surface area contributed by atoms with Gasteiger partial charge in [0.25, 0.3) is 10.0 Å². The number of hydrogen-bond acceptors (Lipinski definition) is 4. The van der Waals surface area contributed by atoms with E-state index in [9.17, 15) is 13.2 Å². The van der Waals surface area contributed by atoms with E-state index in [0.717, 1.165) is 25.9 Å². The quantitative estimate of drug-likeness (QED) is 0.816. The summed E-state index contributed by atoms with van der Waals surface area (Å²) in [4.78, 5) is 18.7. The Hall–Kier alpha value is -1.41. The maximum absolute atomic E-state index is 12.7. The minimum absolute atomic E-state index is 0.0416. The van der Waals surface area contributed by atoms with Gasteiger partial charge in [-0.25, -0.2) is 13.4 Å². The van der Waals surface area contributed by atoms with E-state index in [0.29, 0.717) is 31.8 Å². The fraction of sp³-hybridized carbons (Fsp3) is 0.750. The van der Waals surface area contributed by atoms with Gasteiger partial charge in [0.1, 0.15) is 5.82 Å². The molecular weight excluding hydrogens is 328 g/mol. The van der Waals surface area contributed by atoms with Crippen molar-refractivity contribution in [1.29, 1.82) is 0 Å². The lowest BCUT2D eigenvalue weighted by atomic mass is 9.95. The summed E-state index contributed by atoms with van der Waals surface area (Å²) in [6.07, 6.45) is 6.11. The van der Waals surface area contributed by atoms with Crippen molar-refractivity contribution in [1.82, 2.24) is 18.8 Å². The molecule has 2 saturated heterocycles. The monoisotopic (exact) mass is 354 g/mol. The largest absolute Gasteiger partial charge is 0.342 e. The summed E-state index contributed by atoms with van der Waals surface area (Å²) in [6, 6.07) is 0. The van der Waals surface area contributed by atoms with Crippen LogP contribution in [-0.4, -0.2) is 59.3 Å². The maximum Gasteiger partial charge on any atom is 0.262 e. The van der Waals surface area contributed by atoms with Gasteiger partial charge < -0.3 is 9.47 Å². The Balaban J connectivity index is 1.63. The first kappa shape index (κ1) is 17.4. The highest BCUT2D eigenvalue weighted by atomic mass is 32.2. The molecule has 3 heterocycles. The number of carbonyl (C=O) groups is 1. The second-order valence-electron chi connectivity index (χ2n) is 6.80. The molecule has 7 nitrogen and oxygen atoms in total. The van der Waals surface area contributed by atoms with E-state index in [1.807, 2.05) is 4.90 Å². The van der Waals surface area contributed by atoms with Gasteiger partial charge >= 0.3 is 0 Å².